The van der Waals surface area contributed by atoms with Crippen molar-refractivity contribution in [3.05, 3.63) is 11.6 Å². The number of allylic oxidation sites excluding steroid dienone is 1. The van der Waals surface area contributed by atoms with Gasteiger partial charge in [-0.25, -0.2) is 0 Å². The van der Waals surface area contributed by atoms with Gasteiger partial charge in [-0.15, -0.1) is 0 Å². The highest BCUT2D eigenvalue weighted by molar-refractivity contribution is 5.67. The first kappa shape index (κ1) is 8.51. The van der Waals surface area contributed by atoms with Crippen LogP contribution in [-0.4, -0.2) is 11.6 Å². The molecule has 3 aliphatic rings. The summed E-state index contributed by atoms with van der Waals surface area (Å²) in [6.07, 6.45) is 8.24. The summed E-state index contributed by atoms with van der Waals surface area (Å²) in [5, 5.41) is 0. The van der Waals surface area contributed by atoms with E-state index in [1.165, 1.54) is 31.8 Å². The number of fused-ring (bicyclic) bond motifs is 5. The molecule has 3 atom stereocenters. The molecule has 0 N–H and O–H groups in total. The van der Waals surface area contributed by atoms with Crippen molar-refractivity contribution >= 4 is 5.97 Å². The molecule has 0 aromatic carbocycles. The molecule has 76 valence electrons. The number of hydrogen-bond donors (Lipinski definition) is 0. The summed E-state index contributed by atoms with van der Waals surface area (Å²) in [6, 6.07) is 0. The van der Waals surface area contributed by atoms with Gasteiger partial charge < -0.3 is 4.74 Å². The van der Waals surface area contributed by atoms with Crippen LogP contribution in [0.4, 0.5) is 0 Å². The highest BCUT2D eigenvalue weighted by Crippen LogP contribution is 2.60. The van der Waals surface area contributed by atoms with Crippen molar-refractivity contribution in [2.75, 3.05) is 0 Å². The molecule has 2 bridgehead atoms. The lowest BCUT2D eigenvalue weighted by Crippen LogP contribution is -2.32. The molecule has 0 aliphatic heterocycles. The Morgan fingerprint density at radius 3 is 3.21 bits per heavy atom. The van der Waals surface area contributed by atoms with E-state index in [4.69, 9.17) is 4.74 Å². The second kappa shape index (κ2) is 2.62. The van der Waals surface area contributed by atoms with Gasteiger partial charge in [0.25, 0.3) is 0 Å². The van der Waals surface area contributed by atoms with Gasteiger partial charge in [0.2, 0.25) is 0 Å². The Kier molecular flexibility index (Phi) is 1.59. The highest BCUT2D eigenvalue weighted by atomic mass is 16.6. The summed E-state index contributed by atoms with van der Waals surface area (Å²) < 4.78 is 5.60. The highest BCUT2D eigenvalue weighted by Gasteiger charge is 2.57. The normalized spacial score (nSPS) is 43.6. The predicted molar refractivity (Wildman–Crippen MR) is 52.6 cm³/mol. The van der Waals surface area contributed by atoms with Crippen LogP contribution in [0.5, 0.6) is 0 Å². The van der Waals surface area contributed by atoms with E-state index in [9.17, 15) is 4.79 Å². The summed E-state index contributed by atoms with van der Waals surface area (Å²) >= 11 is 0. The zero-order valence-corrected chi connectivity index (χ0v) is 8.58. The van der Waals surface area contributed by atoms with Gasteiger partial charge in [0.15, 0.2) is 0 Å². The maximum Gasteiger partial charge on any atom is 0.303 e. The third kappa shape index (κ3) is 0.943. The van der Waals surface area contributed by atoms with E-state index in [0.29, 0.717) is 0 Å². The first-order valence-corrected chi connectivity index (χ1v) is 5.61. The number of esters is 1. The maximum atomic E-state index is 11.1. The van der Waals surface area contributed by atoms with Crippen LogP contribution in [0.1, 0.15) is 39.0 Å². The van der Waals surface area contributed by atoms with Gasteiger partial charge in [-0.05, 0) is 49.5 Å². The average Bonchev–Trinajstić information content (AvgIpc) is 2.68. The number of rotatable bonds is 1. The number of carbonyl (C=O) groups excluding carboxylic acids is 1. The van der Waals surface area contributed by atoms with Gasteiger partial charge in [-0.3, -0.25) is 4.79 Å². The Morgan fingerprint density at radius 2 is 2.43 bits per heavy atom. The van der Waals surface area contributed by atoms with Crippen LogP contribution in [0.3, 0.4) is 0 Å². The molecule has 2 nitrogen and oxygen atoms in total. The Morgan fingerprint density at radius 1 is 1.57 bits per heavy atom. The fourth-order valence-corrected chi connectivity index (χ4v) is 3.82. The average molecular weight is 192 g/mol. The monoisotopic (exact) mass is 192 g/mol. The molecule has 3 rings (SSSR count). The van der Waals surface area contributed by atoms with E-state index >= 15 is 0 Å². The minimum Gasteiger partial charge on any atom is -0.455 e. The van der Waals surface area contributed by atoms with Crippen molar-refractivity contribution in [1.29, 1.82) is 0 Å². The second-order valence-corrected chi connectivity index (χ2v) is 4.93. The fraction of sp³-hybridized carbons (Fsp3) is 0.750. The van der Waals surface area contributed by atoms with Crippen LogP contribution >= 0.6 is 0 Å². The van der Waals surface area contributed by atoms with E-state index in [2.05, 4.69) is 6.08 Å². The lowest BCUT2D eigenvalue weighted by atomic mass is 9.84. The van der Waals surface area contributed by atoms with Crippen molar-refractivity contribution in [1.82, 2.24) is 0 Å². The molecule has 2 saturated carbocycles. The summed E-state index contributed by atoms with van der Waals surface area (Å²) in [4.78, 5) is 11.1. The van der Waals surface area contributed by atoms with Gasteiger partial charge in [0.05, 0.1) is 0 Å². The summed E-state index contributed by atoms with van der Waals surface area (Å²) in [5.74, 6) is 1.45. The third-order valence-corrected chi connectivity index (χ3v) is 4.19. The van der Waals surface area contributed by atoms with Crippen LogP contribution in [0.2, 0.25) is 0 Å². The lowest BCUT2D eigenvalue weighted by molar-refractivity contribution is -0.152. The number of carbonyl (C=O) groups is 1. The topological polar surface area (TPSA) is 26.3 Å². The van der Waals surface area contributed by atoms with E-state index < -0.39 is 0 Å². The first-order chi connectivity index (χ1) is 6.71. The van der Waals surface area contributed by atoms with Crippen molar-refractivity contribution in [3.63, 3.8) is 0 Å². The zero-order valence-electron chi connectivity index (χ0n) is 8.58. The quantitative estimate of drug-likeness (QED) is 0.471. The van der Waals surface area contributed by atoms with Crippen LogP contribution in [-0.2, 0) is 9.53 Å². The Labute approximate surface area is 84.3 Å². The predicted octanol–water partition coefficient (Wildman–Crippen LogP) is 2.44. The van der Waals surface area contributed by atoms with Crippen LogP contribution in [0.25, 0.3) is 0 Å². The summed E-state index contributed by atoms with van der Waals surface area (Å²) in [5.41, 5.74) is 1.31. The van der Waals surface area contributed by atoms with Crippen molar-refractivity contribution in [3.8, 4) is 0 Å². The van der Waals surface area contributed by atoms with Gasteiger partial charge in [-0.2, -0.15) is 0 Å². The molecular formula is C12H16O2. The largest absolute Gasteiger partial charge is 0.455 e. The number of ether oxygens (including phenoxy) is 1. The van der Waals surface area contributed by atoms with E-state index in [1.807, 2.05) is 0 Å². The van der Waals surface area contributed by atoms with Gasteiger partial charge in [0, 0.05) is 6.92 Å². The van der Waals surface area contributed by atoms with E-state index in [0.717, 1.165) is 24.7 Å². The molecule has 0 radical (unpaired) electrons. The second-order valence-electron chi connectivity index (χ2n) is 4.93. The SMILES string of the molecule is CC(=O)OC12CCC(C1)C1CCC=C12. The summed E-state index contributed by atoms with van der Waals surface area (Å²) in [6.45, 7) is 1.53. The molecule has 0 aromatic heterocycles. The summed E-state index contributed by atoms with van der Waals surface area (Å²) in [7, 11) is 0. The molecule has 0 amide bonds. The minimum absolute atomic E-state index is 0.112. The van der Waals surface area contributed by atoms with Crippen molar-refractivity contribution < 1.29 is 9.53 Å². The van der Waals surface area contributed by atoms with E-state index in [1.54, 1.807) is 0 Å². The van der Waals surface area contributed by atoms with Crippen molar-refractivity contribution in [2.45, 2.75) is 44.6 Å². The standard InChI is InChI=1S/C12H16O2/c1-8(13)14-12-6-5-9(7-12)10-3-2-4-11(10)12/h4,9-10H,2-3,5-7H2,1H3. The molecule has 3 unspecified atom stereocenters. The molecule has 2 heteroatoms. The first-order valence-electron chi connectivity index (χ1n) is 5.61. The molecule has 0 aromatic rings. The Balaban J connectivity index is 1.95. The molecule has 2 fully saturated rings. The minimum atomic E-state index is -0.155. The third-order valence-electron chi connectivity index (χ3n) is 4.19. The van der Waals surface area contributed by atoms with Crippen LogP contribution < -0.4 is 0 Å². The van der Waals surface area contributed by atoms with Crippen LogP contribution in [0.15, 0.2) is 11.6 Å². The molecular weight excluding hydrogens is 176 g/mol. The Hall–Kier alpha value is -0.790. The van der Waals surface area contributed by atoms with Gasteiger partial charge in [-0.1, -0.05) is 6.08 Å². The zero-order chi connectivity index (χ0) is 9.76. The van der Waals surface area contributed by atoms with Gasteiger partial charge >= 0.3 is 5.97 Å². The number of hydrogen-bond acceptors (Lipinski definition) is 2. The molecule has 3 aliphatic carbocycles. The Bertz CT molecular complexity index is 318. The smallest absolute Gasteiger partial charge is 0.303 e. The fourth-order valence-electron chi connectivity index (χ4n) is 3.82. The maximum absolute atomic E-state index is 11.1. The molecule has 14 heavy (non-hydrogen) atoms. The molecule has 0 heterocycles. The van der Waals surface area contributed by atoms with Crippen molar-refractivity contribution in [2.24, 2.45) is 11.8 Å². The molecule has 0 spiro atoms. The van der Waals surface area contributed by atoms with Crippen LogP contribution in [0, 0.1) is 11.8 Å². The van der Waals surface area contributed by atoms with E-state index in [-0.39, 0.29) is 11.6 Å². The molecule has 0 saturated heterocycles. The van der Waals surface area contributed by atoms with Gasteiger partial charge in [0.1, 0.15) is 5.60 Å². The lowest BCUT2D eigenvalue weighted by Gasteiger charge is -2.30.